The van der Waals surface area contributed by atoms with Gasteiger partial charge in [-0.25, -0.2) is 0 Å². The molecule has 1 spiro atoms. The van der Waals surface area contributed by atoms with Crippen LogP contribution in [0.2, 0.25) is 0 Å². The number of hydrogen-bond donors (Lipinski definition) is 1. The highest BCUT2D eigenvalue weighted by Gasteiger charge is 2.50. The van der Waals surface area contributed by atoms with Crippen molar-refractivity contribution in [3.8, 4) is 0 Å². The zero-order valence-electron chi connectivity index (χ0n) is 5.81. The third kappa shape index (κ3) is 0.775. The molecule has 0 aromatic rings. The molecule has 0 aromatic carbocycles. The minimum absolute atomic E-state index is 0.276. The molecule has 0 aromatic heterocycles. The first-order chi connectivity index (χ1) is 4.33. The van der Waals surface area contributed by atoms with Gasteiger partial charge in [0.2, 0.25) is 0 Å². The maximum atomic E-state index is 5.63. The molecule has 2 aliphatic rings. The summed E-state index contributed by atoms with van der Waals surface area (Å²) in [5.74, 6) is 0. The van der Waals surface area contributed by atoms with Gasteiger partial charge in [-0.2, -0.15) is 0 Å². The summed E-state index contributed by atoms with van der Waals surface area (Å²) in [5.41, 5.74) is 0.276. The topological polar surface area (TPSA) is 21.3 Å². The molecular formula is C7H13NO. The molecule has 2 rings (SSSR count). The Morgan fingerprint density at radius 2 is 2.33 bits per heavy atom. The van der Waals surface area contributed by atoms with Crippen LogP contribution in [0.1, 0.15) is 19.8 Å². The highest BCUT2D eigenvalue weighted by molar-refractivity contribution is 5.04. The summed E-state index contributed by atoms with van der Waals surface area (Å²) in [6.45, 7) is 4.15. The summed E-state index contributed by atoms with van der Waals surface area (Å²) in [5, 5.41) is 3.41. The van der Waals surface area contributed by atoms with Crippen molar-refractivity contribution in [1.82, 2.24) is 5.32 Å². The van der Waals surface area contributed by atoms with Crippen LogP contribution in [-0.4, -0.2) is 24.8 Å². The van der Waals surface area contributed by atoms with Gasteiger partial charge in [-0.1, -0.05) is 0 Å². The SMILES string of the molecule is C[C@H]1NCCOC12CC2. The Balaban J connectivity index is 2.03. The number of hydrogen-bond acceptors (Lipinski definition) is 2. The molecule has 2 nitrogen and oxygen atoms in total. The van der Waals surface area contributed by atoms with Crippen LogP contribution in [0.4, 0.5) is 0 Å². The van der Waals surface area contributed by atoms with E-state index in [0.717, 1.165) is 13.2 Å². The Morgan fingerprint density at radius 1 is 1.56 bits per heavy atom. The standard InChI is InChI=1S/C7H13NO/c1-6-7(2-3-7)9-5-4-8-6/h6,8H,2-5H2,1H3/t6-/m1/s1. The molecule has 1 N–H and O–H groups in total. The molecule has 2 heteroatoms. The first-order valence-electron chi connectivity index (χ1n) is 3.71. The number of morpholine rings is 1. The van der Waals surface area contributed by atoms with Gasteiger partial charge in [-0.3, -0.25) is 0 Å². The molecule has 52 valence electrons. The smallest absolute Gasteiger partial charge is 0.0834 e. The molecule has 0 bridgehead atoms. The quantitative estimate of drug-likeness (QED) is 0.512. The predicted octanol–water partition coefficient (Wildman–Crippen LogP) is 0.527. The van der Waals surface area contributed by atoms with Gasteiger partial charge in [0.1, 0.15) is 0 Å². The molecule has 1 saturated heterocycles. The first-order valence-corrected chi connectivity index (χ1v) is 3.71. The predicted molar refractivity (Wildman–Crippen MR) is 35.4 cm³/mol. The molecule has 1 heterocycles. The molecule has 1 aliphatic carbocycles. The van der Waals surface area contributed by atoms with E-state index in [9.17, 15) is 0 Å². The molecular weight excluding hydrogens is 114 g/mol. The summed E-state index contributed by atoms with van der Waals surface area (Å²) in [7, 11) is 0. The number of ether oxygens (including phenoxy) is 1. The first kappa shape index (κ1) is 5.69. The van der Waals surface area contributed by atoms with Crippen LogP contribution < -0.4 is 5.32 Å². The van der Waals surface area contributed by atoms with E-state index < -0.39 is 0 Å². The summed E-state index contributed by atoms with van der Waals surface area (Å²) in [4.78, 5) is 0. The van der Waals surface area contributed by atoms with E-state index >= 15 is 0 Å². The summed E-state index contributed by atoms with van der Waals surface area (Å²) < 4.78 is 5.63. The minimum Gasteiger partial charge on any atom is -0.372 e. The Labute approximate surface area is 55.6 Å². The molecule has 0 unspecified atom stereocenters. The van der Waals surface area contributed by atoms with Crippen LogP contribution in [0.25, 0.3) is 0 Å². The van der Waals surface area contributed by atoms with Crippen molar-refractivity contribution in [3.63, 3.8) is 0 Å². The van der Waals surface area contributed by atoms with Gasteiger partial charge in [-0.05, 0) is 19.8 Å². The van der Waals surface area contributed by atoms with Crippen LogP contribution in [0.5, 0.6) is 0 Å². The van der Waals surface area contributed by atoms with E-state index in [1.807, 2.05) is 0 Å². The van der Waals surface area contributed by atoms with Gasteiger partial charge in [-0.15, -0.1) is 0 Å². The molecule has 0 amide bonds. The van der Waals surface area contributed by atoms with E-state index in [1.165, 1.54) is 12.8 Å². The third-order valence-corrected chi connectivity index (χ3v) is 2.47. The lowest BCUT2D eigenvalue weighted by atomic mass is 10.1. The maximum Gasteiger partial charge on any atom is 0.0834 e. The van der Waals surface area contributed by atoms with Gasteiger partial charge in [0.25, 0.3) is 0 Å². The lowest BCUT2D eigenvalue weighted by Gasteiger charge is -2.30. The van der Waals surface area contributed by atoms with Crippen LogP contribution >= 0.6 is 0 Å². The van der Waals surface area contributed by atoms with Gasteiger partial charge in [0.15, 0.2) is 0 Å². The van der Waals surface area contributed by atoms with E-state index in [1.54, 1.807) is 0 Å². The largest absolute Gasteiger partial charge is 0.372 e. The monoisotopic (exact) mass is 127 g/mol. The van der Waals surface area contributed by atoms with Crippen molar-refractivity contribution >= 4 is 0 Å². The van der Waals surface area contributed by atoms with E-state index in [-0.39, 0.29) is 5.60 Å². The van der Waals surface area contributed by atoms with Crippen LogP contribution in [-0.2, 0) is 4.74 Å². The summed E-state index contributed by atoms with van der Waals surface area (Å²) in [6, 6.07) is 0.589. The average Bonchev–Trinajstić information content (AvgIpc) is 2.60. The van der Waals surface area contributed by atoms with Gasteiger partial charge >= 0.3 is 0 Å². The van der Waals surface area contributed by atoms with Gasteiger partial charge < -0.3 is 10.1 Å². The second kappa shape index (κ2) is 1.70. The van der Waals surface area contributed by atoms with Crippen molar-refractivity contribution in [1.29, 1.82) is 0 Å². The second-order valence-electron chi connectivity index (χ2n) is 3.09. The summed E-state index contributed by atoms with van der Waals surface area (Å²) in [6.07, 6.45) is 2.53. The van der Waals surface area contributed by atoms with Crippen LogP contribution in [0.3, 0.4) is 0 Å². The van der Waals surface area contributed by atoms with Crippen molar-refractivity contribution in [2.24, 2.45) is 0 Å². The molecule has 1 aliphatic heterocycles. The lowest BCUT2D eigenvalue weighted by molar-refractivity contribution is -0.0191. The van der Waals surface area contributed by atoms with Gasteiger partial charge in [0.05, 0.1) is 12.2 Å². The molecule has 2 fully saturated rings. The Morgan fingerprint density at radius 3 is 2.78 bits per heavy atom. The Bertz CT molecular complexity index is 120. The third-order valence-electron chi connectivity index (χ3n) is 2.47. The summed E-state index contributed by atoms with van der Waals surface area (Å²) >= 11 is 0. The van der Waals surface area contributed by atoms with E-state index in [4.69, 9.17) is 4.74 Å². The van der Waals surface area contributed by atoms with Crippen molar-refractivity contribution < 1.29 is 4.74 Å². The lowest BCUT2D eigenvalue weighted by Crippen LogP contribution is -2.48. The fourth-order valence-corrected chi connectivity index (χ4v) is 1.54. The molecule has 1 saturated carbocycles. The van der Waals surface area contributed by atoms with Crippen molar-refractivity contribution in [2.45, 2.75) is 31.4 Å². The zero-order valence-corrected chi connectivity index (χ0v) is 5.81. The second-order valence-corrected chi connectivity index (χ2v) is 3.09. The van der Waals surface area contributed by atoms with Crippen molar-refractivity contribution in [2.75, 3.05) is 13.2 Å². The van der Waals surface area contributed by atoms with Crippen LogP contribution in [0.15, 0.2) is 0 Å². The maximum absolute atomic E-state index is 5.63. The Kier molecular flexibility index (Phi) is 1.08. The average molecular weight is 127 g/mol. The fourth-order valence-electron chi connectivity index (χ4n) is 1.54. The highest BCUT2D eigenvalue weighted by Crippen LogP contribution is 2.43. The number of nitrogens with one attached hydrogen (secondary N) is 1. The number of rotatable bonds is 0. The Hall–Kier alpha value is -0.0800. The normalized spacial score (nSPS) is 39.0. The van der Waals surface area contributed by atoms with E-state index in [0.29, 0.717) is 6.04 Å². The highest BCUT2D eigenvalue weighted by atomic mass is 16.5. The van der Waals surface area contributed by atoms with Gasteiger partial charge in [0, 0.05) is 12.6 Å². The van der Waals surface area contributed by atoms with Crippen molar-refractivity contribution in [3.05, 3.63) is 0 Å². The molecule has 1 atom stereocenters. The zero-order chi connectivity index (χ0) is 6.32. The van der Waals surface area contributed by atoms with E-state index in [2.05, 4.69) is 12.2 Å². The fraction of sp³-hybridized carbons (Fsp3) is 1.00. The molecule has 0 radical (unpaired) electrons. The molecule has 9 heavy (non-hydrogen) atoms. The van der Waals surface area contributed by atoms with Crippen LogP contribution in [0, 0.1) is 0 Å². The minimum atomic E-state index is 0.276.